The van der Waals surface area contributed by atoms with Gasteiger partial charge >= 0.3 is 5.97 Å². The maximum atomic E-state index is 12.3. The van der Waals surface area contributed by atoms with Crippen LogP contribution in [-0.4, -0.2) is 38.1 Å². The van der Waals surface area contributed by atoms with Gasteiger partial charge < -0.3 is 9.64 Å². The maximum absolute atomic E-state index is 12.3. The van der Waals surface area contributed by atoms with E-state index in [1.54, 1.807) is 11.8 Å². The number of halogens is 1. The first-order valence-corrected chi connectivity index (χ1v) is 8.73. The molecule has 0 saturated heterocycles. The normalized spacial score (nSPS) is 10.3. The van der Waals surface area contributed by atoms with Gasteiger partial charge in [0.1, 0.15) is 0 Å². The van der Waals surface area contributed by atoms with Crippen molar-refractivity contribution in [3.05, 3.63) is 65.7 Å². The number of carbonyl (C=O) groups excluding carboxylic acids is 1. The number of hydrogen-bond acceptors (Lipinski definition) is 4. The lowest BCUT2D eigenvalue weighted by Gasteiger charge is -2.11. The molecule has 0 atom stereocenters. The van der Waals surface area contributed by atoms with Crippen LogP contribution in [0.4, 0.5) is 0 Å². The number of thioether (sulfide) groups is 1. The third-order valence-electron chi connectivity index (χ3n) is 3.33. The van der Waals surface area contributed by atoms with Crippen LogP contribution in [0.3, 0.4) is 0 Å². The third kappa shape index (κ3) is 6.95. The quantitative estimate of drug-likeness (QED) is 0.391. The Hall–Kier alpha value is -1.49. The summed E-state index contributed by atoms with van der Waals surface area (Å²) >= 11 is 1.66. The molecule has 0 unspecified atom stereocenters. The second-order valence-corrected chi connectivity index (χ2v) is 6.58. The molecule has 0 aliphatic heterocycles. The predicted octanol–water partition coefficient (Wildman–Crippen LogP) is 4.51. The van der Waals surface area contributed by atoms with Crippen molar-refractivity contribution in [1.82, 2.24) is 4.90 Å². The standard InChI is InChI=1S/C19H23NO2S.ClH/c1-20(2)13-8-14-22-19(21)17-11-6-7-12-18(17)23-15-16-9-4-3-5-10-16;/h3-7,9-12H,8,13-15H2,1-2H3;1H. The van der Waals surface area contributed by atoms with Crippen molar-refractivity contribution in [2.45, 2.75) is 17.1 Å². The van der Waals surface area contributed by atoms with Gasteiger partial charge in [-0.25, -0.2) is 4.79 Å². The first-order valence-electron chi connectivity index (χ1n) is 7.74. The molecule has 0 heterocycles. The highest BCUT2D eigenvalue weighted by molar-refractivity contribution is 7.98. The van der Waals surface area contributed by atoms with E-state index in [1.165, 1.54) is 5.56 Å². The van der Waals surface area contributed by atoms with E-state index >= 15 is 0 Å². The lowest BCUT2D eigenvalue weighted by molar-refractivity contribution is 0.0489. The van der Waals surface area contributed by atoms with E-state index in [0.717, 1.165) is 23.6 Å². The van der Waals surface area contributed by atoms with Crippen LogP contribution in [0.1, 0.15) is 22.3 Å². The van der Waals surface area contributed by atoms with Gasteiger partial charge in [0.25, 0.3) is 0 Å². The first-order chi connectivity index (χ1) is 11.2. The van der Waals surface area contributed by atoms with Gasteiger partial charge in [-0.2, -0.15) is 0 Å². The molecule has 0 fully saturated rings. The first kappa shape index (κ1) is 20.6. The van der Waals surface area contributed by atoms with Gasteiger partial charge in [0.15, 0.2) is 0 Å². The molecule has 0 aromatic heterocycles. The molecule has 24 heavy (non-hydrogen) atoms. The Labute approximate surface area is 154 Å². The summed E-state index contributed by atoms with van der Waals surface area (Å²) in [5, 5.41) is 0. The molecular formula is C19H24ClNO2S. The fourth-order valence-corrected chi connectivity index (χ4v) is 3.12. The number of ether oxygens (including phenoxy) is 1. The summed E-state index contributed by atoms with van der Waals surface area (Å²) in [6.07, 6.45) is 0.845. The van der Waals surface area contributed by atoms with Crippen molar-refractivity contribution in [3.8, 4) is 0 Å². The number of carbonyl (C=O) groups is 1. The number of hydrogen-bond donors (Lipinski definition) is 0. The third-order valence-corrected chi connectivity index (χ3v) is 4.47. The Kier molecular flexibility index (Phi) is 9.53. The molecule has 0 saturated carbocycles. The largest absolute Gasteiger partial charge is 0.462 e. The van der Waals surface area contributed by atoms with Crippen LogP contribution in [0.2, 0.25) is 0 Å². The van der Waals surface area contributed by atoms with Gasteiger partial charge in [-0.15, -0.1) is 24.2 Å². The smallest absolute Gasteiger partial charge is 0.339 e. The minimum Gasteiger partial charge on any atom is -0.462 e. The van der Waals surface area contributed by atoms with Crippen LogP contribution in [0.25, 0.3) is 0 Å². The molecule has 0 spiro atoms. The van der Waals surface area contributed by atoms with E-state index in [2.05, 4.69) is 17.0 Å². The zero-order valence-electron chi connectivity index (χ0n) is 14.1. The number of rotatable bonds is 8. The summed E-state index contributed by atoms with van der Waals surface area (Å²) in [6.45, 7) is 1.37. The molecule has 5 heteroatoms. The predicted molar refractivity (Wildman–Crippen MR) is 103 cm³/mol. The Balaban J connectivity index is 0.00000288. The van der Waals surface area contributed by atoms with Gasteiger partial charge in [-0.05, 0) is 38.2 Å². The molecule has 2 aromatic carbocycles. The lowest BCUT2D eigenvalue weighted by atomic mass is 10.2. The zero-order chi connectivity index (χ0) is 16.5. The Morgan fingerprint density at radius 2 is 1.71 bits per heavy atom. The van der Waals surface area contributed by atoms with Crippen LogP contribution in [0.15, 0.2) is 59.5 Å². The second kappa shape index (κ2) is 11.1. The highest BCUT2D eigenvalue weighted by Crippen LogP contribution is 2.26. The van der Waals surface area contributed by atoms with Crippen molar-refractivity contribution in [1.29, 1.82) is 0 Å². The molecule has 0 N–H and O–H groups in total. The van der Waals surface area contributed by atoms with E-state index in [9.17, 15) is 4.79 Å². The van der Waals surface area contributed by atoms with Gasteiger partial charge in [-0.3, -0.25) is 0 Å². The van der Waals surface area contributed by atoms with Crippen LogP contribution in [0.5, 0.6) is 0 Å². The Bertz CT molecular complexity index is 620. The zero-order valence-corrected chi connectivity index (χ0v) is 15.7. The summed E-state index contributed by atoms with van der Waals surface area (Å²) in [7, 11) is 4.02. The van der Waals surface area contributed by atoms with Crippen LogP contribution >= 0.6 is 24.2 Å². The molecule has 3 nitrogen and oxygen atoms in total. The summed E-state index contributed by atoms with van der Waals surface area (Å²) in [4.78, 5) is 15.3. The van der Waals surface area contributed by atoms with Crippen molar-refractivity contribution in [3.63, 3.8) is 0 Å². The van der Waals surface area contributed by atoms with E-state index < -0.39 is 0 Å². The Morgan fingerprint density at radius 3 is 2.42 bits per heavy atom. The molecule has 2 aromatic rings. The summed E-state index contributed by atoms with van der Waals surface area (Å²) < 4.78 is 5.39. The number of nitrogens with zero attached hydrogens (tertiary/aromatic N) is 1. The van der Waals surface area contributed by atoms with Gasteiger partial charge in [-0.1, -0.05) is 42.5 Å². The summed E-state index contributed by atoms with van der Waals surface area (Å²) in [5.74, 6) is 0.603. The highest BCUT2D eigenvalue weighted by atomic mass is 35.5. The summed E-state index contributed by atoms with van der Waals surface area (Å²) in [6, 6.07) is 17.9. The molecule has 130 valence electrons. The Morgan fingerprint density at radius 1 is 1.04 bits per heavy atom. The second-order valence-electron chi connectivity index (χ2n) is 5.56. The molecule has 0 aliphatic carbocycles. The fourth-order valence-electron chi connectivity index (χ4n) is 2.12. The molecule has 0 amide bonds. The minimum absolute atomic E-state index is 0. The van der Waals surface area contributed by atoms with E-state index in [1.807, 2.05) is 56.6 Å². The highest BCUT2D eigenvalue weighted by Gasteiger charge is 2.12. The maximum Gasteiger partial charge on any atom is 0.339 e. The molecule has 0 aliphatic rings. The van der Waals surface area contributed by atoms with Crippen molar-refractivity contribution in [2.24, 2.45) is 0 Å². The van der Waals surface area contributed by atoms with Gasteiger partial charge in [0, 0.05) is 17.2 Å². The van der Waals surface area contributed by atoms with Crippen molar-refractivity contribution in [2.75, 3.05) is 27.2 Å². The van der Waals surface area contributed by atoms with Crippen molar-refractivity contribution >= 4 is 30.1 Å². The molecule has 0 radical (unpaired) electrons. The fraction of sp³-hybridized carbons (Fsp3) is 0.316. The van der Waals surface area contributed by atoms with E-state index in [0.29, 0.717) is 12.2 Å². The average molecular weight is 366 g/mol. The van der Waals surface area contributed by atoms with Gasteiger partial charge in [0.05, 0.1) is 12.2 Å². The number of esters is 1. The van der Waals surface area contributed by atoms with Crippen LogP contribution in [0, 0.1) is 0 Å². The monoisotopic (exact) mass is 365 g/mol. The summed E-state index contributed by atoms with van der Waals surface area (Å²) in [5.41, 5.74) is 1.89. The van der Waals surface area contributed by atoms with E-state index in [4.69, 9.17) is 4.74 Å². The number of benzene rings is 2. The van der Waals surface area contributed by atoms with Crippen LogP contribution < -0.4 is 0 Å². The topological polar surface area (TPSA) is 29.5 Å². The minimum atomic E-state index is -0.236. The molecule has 2 rings (SSSR count). The lowest BCUT2D eigenvalue weighted by Crippen LogP contribution is -2.16. The van der Waals surface area contributed by atoms with Gasteiger partial charge in [0.2, 0.25) is 0 Å². The van der Waals surface area contributed by atoms with Crippen LogP contribution in [-0.2, 0) is 10.5 Å². The van der Waals surface area contributed by atoms with Crippen molar-refractivity contribution < 1.29 is 9.53 Å². The SMILES string of the molecule is CN(C)CCCOC(=O)c1ccccc1SCc1ccccc1.Cl. The average Bonchev–Trinajstić information content (AvgIpc) is 2.58. The molecule has 0 bridgehead atoms. The van der Waals surface area contributed by atoms with E-state index in [-0.39, 0.29) is 18.4 Å². The molecular weight excluding hydrogens is 342 g/mol.